The van der Waals surface area contributed by atoms with Crippen molar-refractivity contribution in [2.75, 3.05) is 19.0 Å². The molecule has 7 atom stereocenters. The molecule has 8 nitrogen and oxygen atoms in total. The summed E-state index contributed by atoms with van der Waals surface area (Å²) in [6.07, 6.45) is 8.00. The molecule has 3 amide bonds. The van der Waals surface area contributed by atoms with Gasteiger partial charge in [-0.3, -0.25) is 14.4 Å². The molecule has 2 aromatic carbocycles. The molecule has 2 N–H and O–H groups in total. The molecule has 210 valence electrons. The fourth-order valence-corrected chi connectivity index (χ4v) is 7.12. The number of fused-ring (bicyclic) bond motifs is 1. The number of hydrogen-bond acceptors (Lipinski definition) is 5. The Balaban J connectivity index is 1.29. The van der Waals surface area contributed by atoms with E-state index in [0.717, 1.165) is 24.8 Å². The van der Waals surface area contributed by atoms with E-state index < -0.39 is 29.6 Å². The van der Waals surface area contributed by atoms with E-state index >= 15 is 0 Å². The van der Waals surface area contributed by atoms with Crippen LogP contribution in [0.15, 0.2) is 66.7 Å². The third kappa shape index (κ3) is 4.58. The first-order valence-electron chi connectivity index (χ1n) is 14.4. The summed E-state index contributed by atoms with van der Waals surface area (Å²) in [4.78, 5) is 43.6. The molecule has 3 heterocycles. The summed E-state index contributed by atoms with van der Waals surface area (Å²) in [6, 6.07) is 16.3. The minimum absolute atomic E-state index is 0.0671. The summed E-state index contributed by atoms with van der Waals surface area (Å²) < 4.78 is 11.8. The van der Waals surface area contributed by atoms with Crippen molar-refractivity contribution in [1.29, 1.82) is 0 Å². The molecule has 4 aliphatic rings. The summed E-state index contributed by atoms with van der Waals surface area (Å²) in [5, 5.41) is 6.24. The first-order valence-corrected chi connectivity index (χ1v) is 14.4. The quantitative estimate of drug-likeness (QED) is 0.495. The Morgan fingerprint density at radius 1 is 1.07 bits per heavy atom. The van der Waals surface area contributed by atoms with E-state index in [1.807, 2.05) is 42.5 Å². The van der Waals surface area contributed by atoms with Gasteiger partial charge < -0.3 is 25.0 Å². The van der Waals surface area contributed by atoms with E-state index in [-0.39, 0.29) is 23.8 Å². The Labute approximate surface area is 235 Å². The van der Waals surface area contributed by atoms with Gasteiger partial charge in [0, 0.05) is 24.3 Å². The lowest BCUT2D eigenvalue weighted by Gasteiger charge is -2.36. The van der Waals surface area contributed by atoms with Gasteiger partial charge in [0.05, 0.1) is 25.0 Å². The number of carbonyl (C=O) groups is 3. The van der Waals surface area contributed by atoms with Gasteiger partial charge in [0.1, 0.15) is 17.4 Å². The zero-order valence-electron chi connectivity index (χ0n) is 23.0. The van der Waals surface area contributed by atoms with Crippen molar-refractivity contribution in [3.8, 4) is 5.75 Å². The number of anilines is 1. The van der Waals surface area contributed by atoms with Gasteiger partial charge in [-0.15, -0.1) is 0 Å². The number of methoxy groups -OCH3 is 1. The smallest absolute Gasteiger partial charge is 0.246 e. The van der Waals surface area contributed by atoms with Crippen molar-refractivity contribution < 1.29 is 23.9 Å². The number of likely N-dealkylation sites (tertiary alicyclic amines) is 1. The van der Waals surface area contributed by atoms with Gasteiger partial charge in [-0.25, -0.2) is 0 Å². The molecule has 1 aliphatic carbocycles. The third-order valence-electron chi connectivity index (χ3n) is 9.19. The van der Waals surface area contributed by atoms with Crippen LogP contribution in [0.5, 0.6) is 5.75 Å². The number of nitrogens with one attached hydrogen (secondary N) is 2. The van der Waals surface area contributed by atoms with Gasteiger partial charge in [-0.2, -0.15) is 0 Å². The third-order valence-corrected chi connectivity index (χ3v) is 9.19. The number of rotatable bonds is 8. The predicted octanol–water partition coefficient (Wildman–Crippen LogP) is 3.72. The lowest BCUT2D eigenvalue weighted by atomic mass is 9.74. The Morgan fingerprint density at radius 2 is 1.88 bits per heavy atom. The topological polar surface area (TPSA) is 97.0 Å². The standard InChI is InChI=1S/C32H37N3O5/c1-20-9-6-7-14-24(20)34-30(37)28-32-17-15-25(40-32)26(29(36)33-22-12-8-13-23(19-22)39-2)27(32)31(38)35(28)18-16-21-10-4-3-5-11-21/h3-5,8,10-13,15,17,19-20,24-28H,6-7,9,14,16,18H2,1-2H3,(H,33,36)(H,34,37)/t20-,24+,25+,26-,27+,28+,32+/m0/s1. The predicted molar refractivity (Wildman–Crippen MR) is 151 cm³/mol. The molecule has 40 heavy (non-hydrogen) atoms. The average molecular weight is 544 g/mol. The zero-order chi connectivity index (χ0) is 27.9. The molecule has 2 saturated heterocycles. The molecule has 2 aromatic rings. The highest BCUT2D eigenvalue weighted by Crippen LogP contribution is 2.55. The van der Waals surface area contributed by atoms with Crippen LogP contribution in [-0.2, 0) is 25.5 Å². The molecule has 3 fully saturated rings. The van der Waals surface area contributed by atoms with Crippen LogP contribution in [0.25, 0.3) is 0 Å². The second-order valence-corrected chi connectivity index (χ2v) is 11.6. The number of carbonyl (C=O) groups excluding carboxylic acids is 3. The van der Waals surface area contributed by atoms with E-state index in [9.17, 15) is 14.4 Å². The maximum atomic E-state index is 14.2. The fourth-order valence-electron chi connectivity index (χ4n) is 7.12. The molecule has 0 aromatic heterocycles. The van der Waals surface area contributed by atoms with Crippen molar-refractivity contribution in [3.63, 3.8) is 0 Å². The first-order chi connectivity index (χ1) is 19.4. The SMILES string of the molecule is COc1cccc(NC(=O)[C@H]2[C@H]3C=C[C@@]4(O3)[C@H]2C(=O)N(CCc2ccccc2)[C@@H]4C(=O)N[C@@H]2CCCC[C@@H]2C)c1. The highest BCUT2D eigenvalue weighted by Gasteiger charge is 2.72. The normalized spacial score (nSPS) is 32.1. The van der Waals surface area contributed by atoms with Crippen LogP contribution in [-0.4, -0.2) is 60.1 Å². The number of nitrogens with zero attached hydrogens (tertiary/aromatic N) is 1. The first kappa shape index (κ1) is 26.6. The van der Waals surface area contributed by atoms with E-state index in [0.29, 0.717) is 30.3 Å². The van der Waals surface area contributed by atoms with Crippen LogP contribution in [0.4, 0.5) is 5.69 Å². The van der Waals surface area contributed by atoms with Crippen LogP contribution < -0.4 is 15.4 Å². The highest BCUT2D eigenvalue weighted by molar-refractivity contribution is 6.02. The Morgan fingerprint density at radius 3 is 2.65 bits per heavy atom. The van der Waals surface area contributed by atoms with Crippen LogP contribution in [0, 0.1) is 17.8 Å². The second kappa shape index (κ2) is 10.7. The largest absolute Gasteiger partial charge is 0.497 e. The molecule has 2 bridgehead atoms. The second-order valence-electron chi connectivity index (χ2n) is 11.6. The van der Waals surface area contributed by atoms with Crippen LogP contribution in [0.1, 0.15) is 38.2 Å². The maximum Gasteiger partial charge on any atom is 0.246 e. The van der Waals surface area contributed by atoms with Crippen molar-refractivity contribution in [3.05, 3.63) is 72.3 Å². The van der Waals surface area contributed by atoms with Crippen molar-refractivity contribution in [1.82, 2.24) is 10.2 Å². The average Bonchev–Trinajstić information content (AvgIpc) is 3.61. The molecule has 0 unspecified atom stereocenters. The molecule has 3 aliphatic heterocycles. The number of benzene rings is 2. The van der Waals surface area contributed by atoms with E-state index in [2.05, 4.69) is 17.6 Å². The van der Waals surface area contributed by atoms with Gasteiger partial charge in [-0.05, 0) is 42.9 Å². The summed E-state index contributed by atoms with van der Waals surface area (Å²) in [5.41, 5.74) is 0.492. The van der Waals surface area contributed by atoms with E-state index in [4.69, 9.17) is 9.47 Å². The highest BCUT2D eigenvalue weighted by atomic mass is 16.5. The van der Waals surface area contributed by atoms with Crippen molar-refractivity contribution in [2.24, 2.45) is 17.8 Å². The van der Waals surface area contributed by atoms with Crippen molar-refractivity contribution in [2.45, 2.75) is 62.8 Å². The zero-order valence-corrected chi connectivity index (χ0v) is 23.0. The Kier molecular flexibility index (Phi) is 7.13. The summed E-state index contributed by atoms with van der Waals surface area (Å²) in [5.74, 6) is -1.22. The Bertz CT molecular complexity index is 1310. The molecular formula is C32H37N3O5. The molecular weight excluding hydrogens is 506 g/mol. The van der Waals surface area contributed by atoms with Gasteiger partial charge in [-0.1, -0.05) is 68.3 Å². The van der Waals surface area contributed by atoms with Gasteiger partial charge in [0.15, 0.2) is 0 Å². The van der Waals surface area contributed by atoms with Gasteiger partial charge >= 0.3 is 0 Å². The van der Waals surface area contributed by atoms with Crippen LogP contribution in [0.3, 0.4) is 0 Å². The monoisotopic (exact) mass is 543 g/mol. The minimum atomic E-state index is -1.17. The van der Waals surface area contributed by atoms with Gasteiger partial charge in [0.2, 0.25) is 17.7 Å². The Hall–Kier alpha value is -3.65. The lowest BCUT2D eigenvalue weighted by Crippen LogP contribution is -2.57. The molecule has 8 heteroatoms. The summed E-state index contributed by atoms with van der Waals surface area (Å²) in [6.45, 7) is 2.54. The van der Waals surface area contributed by atoms with Gasteiger partial charge in [0.25, 0.3) is 0 Å². The summed E-state index contributed by atoms with van der Waals surface area (Å²) >= 11 is 0. The lowest BCUT2D eigenvalue weighted by molar-refractivity contribution is -0.141. The molecule has 1 saturated carbocycles. The molecule has 0 radical (unpaired) electrons. The van der Waals surface area contributed by atoms with E-state index in [1.54, 1.807) is 36.3 Å². The maximum absolute atomic E-state index is 14.2. The molecule has 1 spiro atoms. The summed E-state index contributed by atoms with van der Waals surface area (Å²) in [7, 11) is 1.57. The fraction of sp³-hybridized carbons (Fsp3) is 0.469. The minimum Gasteiger partial charge on any atom is -0.497 e. The van der Waals surface area contributed by atoms with Crippen LogP contribution in [0.2, 0.25) is 0 Å². The van der Waals surface area contributed by atoms with E-state index in [1.165, 1.54) is 6.42 Å². The van der Waals surface area contributed by atoms with Crippen molar-refractivity contribution >= 4 is 23.4 Å². The molecule has 6 rings (SSSR count). The number of ether oxygens (including phenoxy) is 2. The van der Waals surface area contributed by atoms with Crippen LogP contribution >= 0.6 is 0 Å². The number of amides is 3. The number of hydrogen-bond donors (Lipinski definition) is 2.